The van der Waals surface area contributed by atoms with Crippen molar-refractivity contribution in [1.29, 1.82) is 0 Å². The highest BCUT2D eigenvalue weighted by molar-refractivity contribution is 7.88. The Morgan fingerprint density at radius 3 is 2.62 bits per heavy atom. The Hall–Kier alpha value is -1.27. The molecule has 0 aliphatic carbocycles. The topological polar surface area (TPSA) is 64.6 Å². The van der Waals surface area contributed by atoms with E-state index in [-0.39, 0.29) is 6.54 Å². The lowest BCUT2D eigenvalue weighted by Gasteiger charge is -2.18. The second-order valence-electron chi connectivity index (χ2n) is 3.57. The first kappa shape index (κ1) is 11.2. The van der Waals surface area contributed by atoms with Gasteiger partial charge in [0.05, 0.1) is 6.26 Å². The Kier molecular flexibility index (Phi) is 3.02. The van der Waals surface area contributed by atoms with Gasteiger partial charge >= 0.3 is 0 Å². The van der Waals surface area contributed by atoms with Gasteiger partial charge < -0.3 is 9.47 Å². The second-order valence-corrected chi connectivity index (χ2v) is 5.40. The van der Waals surface area contributed by atoms with E-state index >= 15 is 0 Å². The summed E-state index contributed by atoms with van der Waals surface area (Å²) in [6.45, 7) is 1.33. The summed E-state index contributed by atoms with van der Waals surface area (Å²) in [4.78, 5) is 0. The first-order chi connectivity index (χ1) is 7.54. The van der Waals surface area contributed by atoms with Crippen molar-refractivity contribution in [3.8, 4) is 11.5 Å². The number of nitrogens with one attached hydrogen (secondary N) is 1. The third kappa shape index (κ3) is 2.86. The monoisotopic (exact) mass is 243 g/mol. The van der Waals surface area contributed by atoms with Crippen LogP contribution in [-0.4, -0.2) is 27.9 Å². The summed E-state index contributed by atoms with van der Waals surface area (Å²) in [5, 5.41) is 0. The number of fused-ring (bicyclic) bond motifs is 1. The molecule has 0 unspecified atom stereocenters. The van der Waals surface area contributed by atoms with Gasteiger partial charge in [0, 0.05) is 6.54 Å². The van der Waals surface area contributed by atoms with E-state index in [0.717, 1.165) is 11.8 Å². The van der Waals surface area contributed by atoms with Crippen LogP contribution in [0.25, 0.3) is 0 Å². The predicted molar refractivity (Wildman–Crippen MR) is 59.1 cm³/mol. The normalized spacial score (nSPS) is 14.8. The van der Waals surface area contributed by atoms with Gasteiger partial charge in [-0.15, -0.1) is 0 Å². The zero-order valence-electron chi connectivity index (χ0n) is 8.89. The van der Waals surface area contributed by atoms with E-state index in [1.54, 1.807) is 12.1 Å². The molecule has 1 aromatic rings. The summed E-state index contributed by atoms with van der Waals surface area (Å²) >= 11 is 0. The quantitative estimate of drug-likeness (QED) is 0.840. The molecule has 0 saturated heterocycles. The van der Waals surface area contributed by atoms with E-state index in [4.69, 9.17) is 9.47 Å². The number of sulfonamides is 1. The zero-order valence-corrected chi connectivity index (χ0v) is 9.71. The molecular weight excluding hydrogens is 230 g/mol. The lowest BCUT2D eigenvalue weighted by atomic mass is 10.2. The van der Waals surface area contributed by atoms with Gasteiger partial charge in [0.2, 0.25) is 10.0 Å². The molecule has 0 amide bonds. The summed E-state index contributed by atoms with van der Waals surface area (Å²) < 4.78 is 35.0. The van der Waals surface area contributed by atoms with Gasteiger partial charge in [0.25, 0.3) is 0 Å². The number of hydrogen-bond acceptors (Lipinski definition) is 4. The first-order valence-corrected chi connectivity index (χ1v) is 6.77. The van der Waals surface area contributed by atoms with E-state index in [2.05, 4.69) is 4.72 Å². The molecule has 1 aliphatic rings. The molecular formula is C10H13NO4S. The van der Waals surface area contributed by atoms with Crippen molar-refractivity contribution < 1.29 is 17.9 Å². The van der Waals surface area contributed by atoms with Crippen LogP contribution in [0.4, 0.5) is 0 Å². The third-order valence-electron chi connectivity index (χ3n) is 2.15. The van der Waals surface area contributed by atoms with Gasteiger partial charge in [-0.05, 0) is 17.7 Å². The lowest BCUT2D eigenvalue weighted by molar-refractivity contribution is 0.171. The van der Waals surface area contributed by atoms with Crippen molar-refractivity contribution >= 4 is 10.0 Å². The van der Waals surface area contributed by atoms with Gasteiger partial charge in [-0.25, -0.2) is 13.1 Å². The maximum Gasteiger partial charge on any atom is 0.209 e. The summed E-state index contributed by atoms with van der Waals surface area (Å²) in [5.74, 6) is 1.37. The third-order valence-corrected chi connectivity index (χ3v) is 2.81. The van der Waals surface area contributed by atoms with E-state index in [9.17, 15) is 8.42 Å². The predicted octanol–water partition coefficient (Wildman–Crippen LogP) is 0.507. The van der Waals surface area contributed by atoms with Gasteiger partial charge in [-0.1, -0.05) is 6.07 Å². The van der Waals surface area contributed by atoms with Crippen LogP contribution in [0.1, 0.15) is 5.56 Å². The minimum absolute atomic E-state index is 0.259. The SMILES string of the molecule is CS(=O)(=O)NCc1ccc2c(c1)OCCO2. The van der Waals surface area contributed by atoms with Crippen LogP contribution in [0.5, 0.6) is 11.5 Å². The van der Waals surface area contributed by atoms with Crippen molar-refractivity contribution in [2.75, 3.05) is 19.5 Å². The second kappa shape index (κ2) is 4.31. The molecule has 88 valence electrons. The largest absolute Gasteiger partial charge is 0.486 e. The summed E-state index contributed by atoms with van der Waals surface area (Å²) in [7, 11) is -3.17. The zero-order chi connectivity index (χ0) is 11.6. The lowest BCUT2D eigenvalue weighted by Crippen LogP contribution is -2.21. The summed E-state index contributed by atoms with van der Waals surface area (Å²) in [5.41, 5.74) is 0.842. The van der Waals surface area contributed by atoms with Gasteiger partial charge in [0.15, 0.2) is 11.5 Å². The van der Waals surface area contributed by atoms with E-state index < -0.39 is 10.0 Å². The van der Waals surface area contributed by atoms with Crippen LogP contribution in [0.15, 0.2) is 18.2 Å². The Morgan fingerprint density at radius 1 is 1.25 bits per heavy atom. The van der Waals surface area contributed by atoms with Crippen LogP contribution < -0.4 is 14.2 Å². The van der Waals surface area contributed by atoms with Crippen LogP contribution in [0.3, 0.4) is 0 Å². The maximum atomic E-state index is 10.9. The molecule has 0 saturated carbocycles. The molecule has 6 heteroatoms. The number of ether oxygens (including phenoxy) is 2. The molecule has 1 aromatic carbocycles. The summed E-state index contributed by atoms with van der Waals surface area (Å²) in [6.07, 6.45) is 1.13. The van der Waals surface area contributed by atoms with Crippen LogP contribution >= 0.6 is 0 Å². The Morgan fingerprint density at radius 2 is 1.94 bits per heavy atom. The fourth-order valence-electron chi connectivity index (χ4n) is 1.41. The van der Waals surface area contributed by atoms with Crippen LogP contribution in [0.2, 0.25) is 0 Å². The molecule has 1 aliphatic heterocycles. The molecule has 0 spiro atoms. The number of rotatable bonds is 3. The average Bonchev–Trinajstić information content (AvgIpc) is 2.25. The number of hydrogen-bond donors (Lipinski definition) is 1. The van der Waals surface area contributed by atoms with E-state index in [0.29, 0.717) is 24.7 Å². The molecule has 0 atom stereocenters. The molecule has 1 heterocycles. The Labute approximate surface area is 94.4 Å². The van der Waals surface area contributed by atoms with Crippen molar-refractivity contribution in [3.05, 3.63) is 23.8 Å². The Balaban J connectivity index is 2.11. The highest BCUT2D eigenvalue weighted by Crippen LogP contribution is 2.30. The first-order valence-electron chi connectivity index (χ1n) is 4.88. The van der Waals surface area contributed by atoms with E-state index in [1.807, 2.05) is 6.07 Å². The molecule has 5 nitrogen and oxygen atoms in total. The van der Waals surface area contributed by atoms with Gasteiger partial charge in [-0.3, -0.25) is 0 Å². The van der Waals surface area contributed by atoms with E-state index in [1.165, 1.54) is 0 Å². The fourth-order valence-corrected chi connectivity index (χ4v) is 1.84. The smallest absolute Gasteiger partial charge is 0.209 e. The molecule has 0 bridgehead atoms. The molecule has 0 aromatic heterocycles. The molecule has 16 heavy (non-hydrogen) atoms. The van der Waals surface area contributed by atoms with Crippen molar-refractivity contribution in [3.63, 3.8) is 0 Å². The van der Waals surface area contributed by atoms with Crippen molar-refractivity contribution in [1.82, 2.24) is 4.72 Å². The van der Waals surface area contributed by atoms with Gasteiger partial charge in [-0.2, -0.15) is 0 Å². The minimum atomic E-state index is -3.17. The highest BCUT2D eigenvalue weighted by atomic mass is 32.2. The van der Waals surface area contributed by atoms with Crippen molar-refractivity contribution in [2.45, 2.75) is 6.54 Å². The Bertz CT molecular complexity index is 484. The van der Waals surface area contributed by atoms with Crippen LogP contribution in [-0.2, 0) is 16.6 Å². The van der Waals surface area contributed by atoms with Crippen molar-refractivity contribution in [2.24, 2.45) is 0 Å². The molecule has 0 radical (unpaired) electrons. The highest BCUT2D eigenvalue weighted by Gasteiger charge is 2.12. The van der Waals surface area contributed by atoms with Gasteiger partial charge in [0.1, 0.15) is 13.2 Å². The number of benzene rings is 1. The maximum absolute atomic E-state index is 10.9. The standard InChI is InChI=1S/C10H13NO4S/c1-16(12,13)11-7-8-2-3-9-10(6-8)15-5-4-14-9/h2-3,6,11H,4-5,7H2,1H3. The molecule has 0 fully saturated rings. The summed E-state index contributed by atoms with van der Waals surface area (Å²) in [6, 6.07) is 5.38. The molecule has 2 rings (SSSR count). The van der Waals surface area contributed by atoms with Crippen LogP contribution in [0, 0.1) is 0 Å². The fraction of sp³-hybridized carbons (Fsp3) is 0.400. The molecule has 1 N–H and O–H groups in total. The average molecular weight is 243 g/mol. The minimum Gasteiger partial charge on any atom is -0.486 e.